The standard InChI is InChI=1S/C25H38N2O3/c1-5-8-15-26(16-9-6-2)17-10-18-27-23(21-13-11-20(7-3)12-14-21)22(19(4)28)24(29)25(27)30/h11-14,23,29H,5-10,15-18H2,1-4H3/t23-/m0/s1. The number of Topliss-reactive ketones (excluding diaryl/α,β-unsaturated/α-hetero) is 1. The van der Waals surface area contributed by atoms with Crippen LogP contribution in [0.4, 0.5) is 0 Å². The van der Waals surface area contributed by atoms with Crippen molar-refractivity contribution in [3.63, 3.8) is 0 Å². The minimum absolute atomic E-state index is 0.220. The fraction of sp³-hybridized carbons (Fsp3) is 0.600. The van der Waals surface area contributed by atoms with Crippen molar-refractivity contribution in [3.8, 4) is 0 Å². The summed E-state index contributed by atoms with van der Waals surface area (Å²) in [5, 5.41) is 10.4. The van der Waals surface area contributed by atoms with Gasteiger partial charge in [0, 0.05) is 6.54 Å². The van der Waals surface area contributed by atoms with Gasteiger partial charge < -0.3 is 14.9 Å². The van der Waals surface area contributed by atoms with E-state index in [0.29, 0.717) is 6.54 Å². The fourth-order valence-electron chi connectivity index (χ4n) is 4.09. The summed E-state index contributed by atoms with van der Waals surface area (Å²) in [5.41, 5.74) is 2.30. The van der Waals surface area contributed by atoms with E-state index >= 15 is 0 Å². The molecule has 5 nitrogen and oxygen atoms in total. The molecule has 1 amide bonds. The van der Waals surface area contributed by atoms with E-state index in [0.717, 1.165) is 38.0 Å². The summed E-state index contributed by atoms with van der Waals surface area (Å²) in [7, 11) is 0. The molecule has 0 unspecified atom stereocenters. The first kappa shape index (κ1) is 24.1. The summed E-state index contributed by atoms with van der Waals surface area (Å²) in [6.45, 7) is 11.5. The molecule has 1 aromatic rings. The van der Waals surface area contributed by atoms with Crippen LogP contribution in [0.15, 0.2) is 35.6 Å². The first-order valence-corrected chi connectivity index (χ1v) is 11.5. The molecular formula is C25H38N2O3. The molecule has 1 aliphatic rings. The first-order chi connectivity index (χ1) is 14.4. The van der Waals surface area contributed by atoms with Gasteiger partial charge in [-0.25, -0.2) is 0 Å². The zero-order valence-electron chi connectivity index (χ0n) is 19.1. The van der Waals surface area contributed by atoms with E-state index in [1.165, 1.54) is 38.2 Å². The number of aliphatic hydroxyl groups is 1. The lowest BCUT2D eigenvalue weighted by Crippen LogP contribution is -2.35. The maximum atomic E-state index is 12.8. The van der Waals surface area contributed by atoms with E-state index in [1.807, 2.05) is 24.3 Å². The topological polar surface area (TPSA) is 60.9 Å². The highest BCUT2D eigenvalue weighted by molar-refractivity contribution is 6.08. The van der Waals surface area contributed by atoms with Gasteiger partial charge in [-0.15, -0.1) is 0 Å². The van der Waals surface area contributed by atoms with Crippen molar-refractivity contribution in [1.82, 2.24) is 9.80 Å². The van der Waals surface area contributed by atoms with Crippen LogP contribution < -0.4 is 0 Å². The quantitative estimate of drug-likeness (QED) is 0.502. The predicted molar refractivity (Wildman–Crippen MR) is 121 cm³/mol. The van der Waals surface area contributed by atoms with Crippen molar-refractivity contribution in [2.45, 2.75) is 72.3 Å². The minimum atomic E-state index is -0.499. The summed E-state index contributed by atoms with van der Waals surface area (Å²) in [6, 6.07) is 7.51. The average molecular weight is 415 g/mol. The smallest absolute Gasteiger partial charge is 0.290 e. The van der Waals surface area contributed by atoms with E-state index in [2.05, 4.69) is 25.7 Å². The number of carbonyl (C=O) groups is 2. The predicted octanol–water partition coefficient (Wildman–Crippen LogP) is 4.83. The maximum absolute atomic E-state index is 12.8. The maximum Gasteiger partial charge on any atom is 0.290 e. The molecule has 0 radical (unpaired) electrons. The minimum Gasteiger partial charge on any atom is -0.503 e. The number of unbranched alkanes of at least 4 members (excludes halogenated alkanes) is 2. The second kappa shape index (κ2) is 11.9. The highest BCUT2D eigenvalue weighted by Gasteiger charge is 2.41. The Morgan fingerprint density at radius 2 is 1.57 bits per heavy atom. The SMILES string of the molecule is CCCCN(CCCC)CCCN1C(=O)C(O)=C(C(C)=O)[C@@H]1c1ccc(CC)cc1. The molecule has 2 rings (SSSR count). The Kier molecular flexibility index (Phi) is 9.57. The van der Waals surface area contributed by atoms with Crippen molar-refractivity contribution in [3.05, 3.63) is 46.7 Å². The van der Waals surface area contributed by atoms with E-state index < -0.39 is 11.9 Å². The zero-order chi connectivity index (χ0) is 22.1. The first-order valence-electron chi connectivity index (χ1n) is 11.5. The van der Waals surface area contributed by atoms with E-state index in [9.17, 15) is 14.7 Å². The molecule has 1 heterocycles. The molecule has 0 saturated carbocycles. The van der Waals surface area contributed by atoms with Gasteiger partial charge >= 0.3 is 0 Å². The molecule has 0 saturated heterocycles. The molecule has 1 atom stereocenters. The molecule has 0 bridgehead atoms. The van der Waals surface area contributed by atoms with Gasteiger partial charge in [-0.2, -0.15) is 0 Å². The molecule has 30 heavy (non-hydrogen) atoms. The van der Waals surface area contributed by atoms with Crippen LogP contribution in [0.2, 0.25) is 0 Å². The molecule has 166 valence electrons. The number of aryl methyl sites for hydroxylation is 1. The van der Waals surface area contributed by atoms with E-state index in [4.69, 9.17) is 0 Å². The molecule has 0 spiro atoms. The Bertz CT molecular complexity index is 731. The average Bonchev–Trinajstić information content (AvgIpc) is 3.00. The number of benzene rings is 1. The third kappa shape index (κ3) is 5.94. The zero-order valence-corrected chi connectivity index (χ0v) is 19.1. The molecule has 1 aromatic carbocycles. The summed E-state index contributed by atoms with van der Waals surface area (Å²) < 4.78 is 0. The van der Waals surface area contributed by atoms with Gasteiger partial charge in [0.2, 0.25) is 0 Å². The Balaban J connectivity index is 2.15. The van der Waals surface area contributed by atoms with Crippen molar-refractivity contribution in [2.24, 2.45) is 0 Å². The highest BCUT2D eigenvalue weighted by Crippen LogP contribution is 2.37. The van der Waals surface area contributed by atoms with Crippen molar-refractivity contribution >= 4 is 11.7 Å². The lowest BCUT2D eigenvalue weighted by Gasteiger charge is -2.28. The van der Waals surface area contributed by atoms with Crippen molar-refractivity contribution in [1.29, 1.82) is 0 Å². The van der Waals surface area contributed by atoms with Gasteiger partial charge in [0.25, 0.3) is 5.91 Å². The number of rotatable bonds is 13. The molecule has 5 heteroatoms. The second-order valence-electron chi connectivity index (χ2n) is 8.22. The number of hydrogen-bond acceptors (Lipinski definition) is 4. The molecule has 1 aliphatic heterocycles. The van der Waals surface area contributed by atoms with Crippen LogP contribution in [0.25, 0.3) is 0 Å². The van der Waals surface area contributed by atoms with Crippen LogP contribution in [0.3, 0.4) is 0 Å². The number of aliphatic hydroxyl groups excluding tert-OH is 1. The molecular weight excluding hydrogens is 376 g/mol. The fourth-order valence-corrected chi connectivity index (χ4v) is 4.09. The Morgan fingerprint density at radius 3 is 2.07 bits per heavy atom. The van der Waals surface area contributed by atoms with E-state index in [1.54, 1.807) is 4.90 Å². The van der Waals surface area contributed by atoms with Gasteiger partial charge in [0.05, 0.1) is 11.6 Å². The number of amides is 1. The van der Waals surface area contributed by atoms with Gasteiger partial charge in [-0.05, 0) is 63.4 Å². The third-order valence-corrected chi connectivity index (χ3v) is 5.92. The number of nitrogens with zero attached hydrogens (tertiary/aromatic N) is 2. The summed E-state index contributed by atoms with van der Waals surface area (Å²) in [6.07, 6.45) is 6.44. The second-order valence-corrected chi connectivity index (χ2v) is 8.22. The van der Waals surface area contributed by atoms with Crippen LogP contribution in [0.1, 0.15) is 77.0 Å². The van der Waals surface area contributed by atoms with Gasteiger partial charge in [0.1, 0.15) is 0 Å². The number of ketones is 1. The van der Waals surface area contributed by atoms with Crippen LogP contribution >= 0.6 is 0 Å². The van der Waals surface area contributed by atoms with Gasteiger partial charge in [0.15, 0.2) is 11.5 Å². The molecule has 0 aromatic heterocycles. The van der Waals surface area contributed by atoms with Crippen LogP contribution in [-0.2, 0) is 16.0 Å². The number of carbonyl (C=O) groups excluding carboxylic acids is 2. The monoisotopic (exact) mass is 414 g/mol. The lowest BCUT2D eigenvalue weighted by atomic mass is 9.95. The highest BCUT2D eigenvalue weighted by atomic mass is 16.3. The summed E-state index contributed by atoms with van der Waals surface area (Å²) in [5.74, 6) is -1.07. The Labute approximate surface area is 181 Å². The lowest BCUT2D eigenvalue weighted by molar-refractivity contribution is -0.129. The summed E-state index contributed by atoms with van der Waals surface area (Å²) >= 11 is 0. The Morgan fingerprint density at radius 1 is 1.00 bits per heavy atom. The normalized spacial score (nSPS) is 16.8. The third-order valence-electron chi connectivity index (χ3n) is 5.92. The summed E-state index contributed by atoms with van der Waals surface area (Å²) in [4.78, 5) is 29.2. The molecule has 0 fully saturated rings. The van der Waals surface area contributed by atoms with Crippen molar-refractivity contribution in [2.75, 3.05) is 26.2 Å². The Hall–Kier alpha value is -2.14. The van der Waals surface area contributed by atoms with E-state index in [-0.39, 0.29) is 17.1 Å². The molecule has 1 N–H and O–H groups in total. The van der Waals surface area contributed by atoms with Crippen molar-refractivity contribution < 1.29 is 14.7 Å². The largest absolute Gasteiger partial charge is 0.503 e. The van der Waals surface area contributed by atoms with Crippen LogP contribution in [-0.4, -0.2) is 52.8 Å². The van der Waals surface area contributed by atoms with Gasteiger partial charge in [-0.3, -0.25) is 9.59 Å². The van der Waals surface area contributed by atoms with Crippen LogP contribution in [0, 0.1) is 0 Å². The van der Waals surface area contributed by atoms with Gasteiger partial charge in [-0.1, -0.05) is 57.9 Å². The number of hydrogen-bond donors (Lipinski definition) is 1. The molecule has 0 aliphatic carbocycles. The van der Waals surface area contributed by atoms with Crippen LogP contribution in [0.5, 0.6) is 0 Å².